The van der Waals surface area contributed by atoms with Crippen molar-refractivity contribution in [1.29, 1.82) is 0 Å². The van der Waals surface area contributed by atoms with Crippen LogP contribution in [-0.2, 0) is 9.84 Å². The number of aryl methyl sites for hydroxylation is 1. The first-order valence-corrected chi connectivity index (χ1v) is 12.4. The predicted octanol–water partition coefficient (Wildman–Crippen LogP) is 6.09. The topological polar surface area (TPSA) is 85.4 Å². The fraction of sp³-hybridized carbons (Fsp3) is 0.182. The Bertz CT molecular complexity index is 1350. The van der Waals surface area contributed by atoms with Gasteiger partial charge in [0.25, 0.3) is 0 Å². The highest BCUT2D eigenvalue weighted by Crippen LogP contribution is 2.33. The van der Waals surface area contributed by atoms with Gasteiger partial charge in [0, 0.05) is 16.6 Å². The normalized spacial score (nSPS) is 13.4. The maximum atomic E-state index is 13.1. The van der Waals surface area contributed by atoms with E-state index in [1.54, 1.807) is 49.4 Å². The Hall–Kier alpha value is -2.69. The van der Waals surface area contributed by atoms with E-state index in [0.717, 1.165) is 6.08 Å². The van der Waals surface area contributed by atoms with E-state index in [0.29, 0.717) is 26.6 Å². The summed E-state index contributed by atoms with van der Waals surface area (Å²) in [6.45, 7) is 3.18. The van der Waals surface area contributed by atoms with Gasteiger partial charge in [0.2, 0.25) is 0 Å². The number of aromatic nitrogens is 1. The highest BCUT2D eigenvalue weighted by Gasteiger charge is 2.32. The monoisotopic (exact) mass is 513 g/mol. The van der Waals surface area contributed by atoms with Gasteiger partial charge in [0.05, 0.1) is 27.1 Å². The number of benzene rings is 1. The maximum Gasteiger partial charge on any atom is 0.430 e. The molecule has 0 bridgehead atoms. The number of hydrogen-bond acceptors (Lipinski definition) is 6. The molecule has 0 aliphatic rings. The first kappa shape index (κ1) is 24.9. The standard InChI is InChI=1S/C22H19ClF3N3O2S2/c1-3-33(30,31)21-13(2)10-14(12-28-21)18-8-9-19(32-18)17(11-20(27)22(24,25)26)29-16-7-5-4-6-15(16)23/h4-12H,3,27H2,1-2H3. The zero-order valence-electron chi connectivity index (χ0n) is 17.5. The van der Waals surface area contributed by atoms with Gasteiger partial charge in [-0.1, -0.05) is 30.7 Å². The minimum Gasteiger partial charge on any atom is -0.395 e. The van der Waals surface area contributed by atoms with E-state index in [1.807, 2.05) is 0 Å². The number of thiophene rings is 1. The van der Waals surface area contributed by atoms with Crippen molar-refractivity contribution >= 4 is 44.2 Å². The van der Waals surface area contributed by atoms with Crippen molar-refractivity contribution in [3.63, 3.8) is 0 Å². The first-order chi connectivity index (χ1) is 15.4. The Morgan fingerprint density at radius 3 is 2.55 bits per heavy atom. The van der Waals surface area contributed by atoms with E-state index in [9.17, 15) is 21.6 Å². The van der Waals surface area contributed by atoms with E-state index in [2.05, 4.69) is 9.98 Å². The smallest absolute Gasteiger partial charge is 0.395 e. The maximum absolute atomic E-state index is 13.1. The molecule has 2 N–H and O–H groups in total. The highest BCUT2D eigenvalue weighted by molar-refractivity contribution is 7.91. The van der Waals surface area contributed by atoms with Crippen LogP contribution in [0.15, 0.2) is 70.5 Å². The summed E-state index contributed by atoms with van der Waals surface area (Å²) in [7, 11) is -3.47. The Kier molecular flexibility index (Phi) is 7.30. The number of halogens is 4. The largest absolute Gasteiger partial charge is 0.430 e. The average molecular weight is 514 g/mol. The number of pyridine rings is 1. The number of para-hydroxylation sites is 1. The van der Waals surface area contributed by atoms with Crippen molar-refractivity contribution in [3.8, 4) is 10.4 Å². The fourth-order valence-corrected chi connectivity index (χ4v) is 5.01. The molecule has 0 spiro atoms. The molecule has 3 rings (SSSR count). The molecule has 0 saturated heterocycles. The van der Waals surface area contributed by atoms with Gasteiger partial charge in [-0.3, -0.25) is 0 Å². The lowest BCUT2D eigenvalue weighted by Crippen LogP contribution is -2.20. The molecule has 11 heteroatoms. The Labute approximate surface area is 198 Å². The summed E-state index contributed by atoms with van der Waals surface area (Å²) in [5.74, 6) is -0.0713. The lowest BCUT2D eigenvalue weighted by molar-refractivity contribution is -0.0925. The van der Waals surface area contributed by atoms with Gasteiger partial charge >= 0.3 is 6.18 Å². The first-order valence-electron chi connectivity index (χ1n) is 9.60. The molecule has 2 heterocycles. The van der Waals surface area contributed by atoms with Crippen LogP contribution >= 0.6 is 22.9 Å². The number of alkyl halides is 3. The summed E-state index contributed by atoms with van der Waals surface area (Å²) in [6, 6.07) is 11.5. The van der Waals surface area contributed by atoms with Crippen LogP contribution in [-0.4, -0.2) is 31.0 Å². The van der Waals surface area contributed by atoms with E-state index in [1.165, 1.54) is 24.5 Å². The van der Waals surface area contributed by atoms with Gasteiger partial charge < -0.3 is 5.73 Å². The molecule has 33 heavy (non-hydrogen) atoms. The van der Waals surface area contributed by atoms with Gasteiger partial charge in [0.1, 0.15) is 5.70 Å². The van der Waals surface area contributed by atoms with Crippen LogP contribution in [0.3, 0.4) is 0 Å². The number of nitrogens with two attached hydrogens (primary N) is 1. The Morgan fingerprint density at radius 2 is 1.94 bits per heavy atom. The van der Waals surface area contributed by atoms with Gasteiger partial charge in [0.15, 0.2) is 14.9 Å². The number of sulfone groups is 1. The van der Waals surface area contributed by atoms with Crippen LogP contribution in [0.5, 0.6) is 0 Å². The van der Waals surface area contributed by atoms with Crippen LogP contribution in [0.2, 0.25) is 5.02 Å². The number of aliphatic imine (C=N–C) groups is 1. The van der Waals surface area contributed by atoms with Crippen molar-refractivity contribution in [2.45, 2.75) is 25.0 Å². The molecule has 1 aromatic carbocycles. The van der Waals surface area contributed by atoms with E-state index in [4.69, 9.17) is 17.3 Å². The second kappa shape index (κ2) is 9.66. The SMILES string of the molecule is CCS(=O)(=O)c1ncc(-c2ccc(C(C=C(N)C(F)(F)F)=Nc3ccccc3Cl)s2)cc1C. The van der Waals surface area contributed by atoms with Gasteiger partial charge in [-0.25, -0.2) is 18.4 Å². The molecule has 2 aromatic heterocycles. The van der Waals surface area contributed by atoms with Gasteiger partial charge in [-0.05, 0) is 48.9 Å². The molecule has 0 amide bonds. The third-order valence-electron chi connectivity index (χ3n) is 4.56. The van der Waals surface area contributed by atoms with Crippen molar-refractivity contribution in [2.75, 3.05) is 5.75 Å². The summed E-state index contributed by atoms with van der Waals surface area (Å²) in [6.07, 6.45) is -2.53. The molecule has 0 aliphatic carbocycles. The molecular weight excluding hydrogens is 495 g/mol. The third-order valence-corrected chi connectivity index (χ3v) is 7.81. The van der Waals surface area contributed by atoms with E-state index in [-0.39, 0.29) is 21.5 Å². The van der Waals surface area contributed by atoms with Crippen LogP contribution in [0.25, 0.3) is 10.4 Å². The predicted molar refractivity (Wildman–Crippen MR) is 126 cm³/mol. The third kappa shape index (κ3) is 5.82. The van der Waals surface area contributed by atoms with Crippen LogP contribution in [0.1, 0.15) is 17.4 Å². The second-order valence-electron chi connectivity index (χ2n) is 6.96. The van der Waals surface area contributed by atoms with Crippen molar-refractivity contribution in [3.05, 3.63) is 75.9 Å². The van der Waals surface area contributed by atoms with Crippen LogP contribution in [0.4, 0.5) is 18.9 Å². The summed E-state index contributed by atoms with van der Waals surface area (Å²) in [4.78, 5) is 9.50. The van der Waals surface area contributed by atoms with Gasteiger partial charge in [-0.15, -0.1) is 11.3 Å². The lowest BCUT2D eigenvalue weighted by Gasteiger charge is -2.08. The summed E-state index contributed by atoms with van der Waals surface area (Å²) in [5, 5.41) is 0.283. The second-order valence-corrected chi connectivity index (χ2v) is 10.6. The number of nitrogens with zero attached hydrogens (tertiary/aromatic N) is 2. The fourth-order valence-electron chi connectivity index (χ4n) is 2.85. The Morgan fingerprint density at radius 1 is 1.24 bits per heavy atom. The molecule has 0 radical (unpaired) electrons. The van der Waals surface area contributed by atoms with E-state index < -0.39 is 21.7 Å². The van der Waals surface area contributed by atoms with Crippen LogP contribution in [0, 0.1) is 6.92 Å². The number of hydrogen-bond donors (Lipinski definition) is 1. The van der Waals surface area contributed by atoms with Gasteiger partial charge in [-0.2, -0.15) is 13.2 Å². The minimum atomic E-state index is -4.72. The quantitative estimate of drug-likeness (QED) is 0.404. The molecule has 3 aromatic rings. The average Bonchev–Trinajstić information content (AvgIpc) is 3.24. The highest BCUT2D eigenvalue weighted by atomic mass is 35.5. The lowest BCUT2D eigenvalue weighted by atomic mass is 10.2. The van der Waals surface area contributed by atoms with Crippen molar-refractivity contribution in [2.24, 2.45) is 10.7 Å². The molecule has 0 unspecified atom stereocenters. The molecule has 5 nitrogen and oxygen atoms in total. The molecule has 0 saturated carbocycles. The molecule has 0 aliphatic heterocycles. The van der Waals surface area contributed by atoms with Crippen LogP contribution < -0.4 is 5.73 Å². The number of allylic oxidation sites excluding steroid dienone is 2. The molecule has 0 atom stereocenters. The summed E-state index contributed by atoms with van der Waals surface area (Å²) < 4.78 is 63.6. The zero-order valence-corrected chi connectivity index (χ0v) is 19.9. The zero-order chi connectivity index (χ0) is 24.4. The molecular formula is C22H19ClF3N3O2S2. The summed E-state index contributed by atoms with van der Waals surface area (Å²) >= 11 is 7.30. The van der Waals surface area contributed by atoms with Crippen molar-refractivity contribution < 1.29 is 21.6 Å². The summed E-state index contributed by atoms with van der Waals surface area (Å²) in [5.41, 5.74) is 5.35. The minimum absolute atomic E-state index is 0.00684. The molecule has 0 fully saturated rings. The van der Waals surface area contributed by atoms with E-state index >= 15 is 0 Å². The number of rotatable bonds is 6. The van der Waals surface area contributed by atoms with Crippen molar-refractivity contribution in [1.82, 2.24) is 4.98 Å². The molecule has 174 valence electrons. The Balaban J connectivity index is 2.08.